The second-order valence-electron chi connectivity index (χ2n) is 6.76. The van der Waals surface area contributed by atoms with Gasteiger partial charge in [-0.1, -0.05) is 18.2 Å². The molecule has 0 bridgehead atoms. The Kier molecular flexibility index (Phi) is 6.67. The molecule has 1 N–H and O–H groups in total. The number of carboxylic acid groups (broad SMARTS) is 1. The highest BCUT2D eigenvalue weighted by Gasteiger charge is 2.27. The van der Waals surface area contributed by atoms with Crippen LogP contribution >= 0.6 is 12.4 Å². The summed E-state index contributed by atoms with van der Waals surface area (Å²) >= 11 is 0. The number of hydrogen-bond acceptors (Lipinski definition) is 4. The molecule has 26 heavy (non-hydrogen) atoms. The fourth-order valence-corrected chi connectivity index (χ4v) is 3.26. The topological polar surface area (TPSA) is 74.0 Å². The molecular formula is C19H25ClN2O4. The van der Waals surface area contributed by atoms with Crippen LogP contribution < -0.4 is 0 Å². The summed E-state index contributed by atoms with van der Waals surface area (Å²) in [7, 11) is 1.78. The summed E-state index contributed by atoms with van der Waals surface area (Å²) in [5.41, 5.74) is 0.820. The Balaban J connectivity index is 0.00000243. The maximum absolute atomic E-state index is 12.6. The molecule has 1 amide bonds. The molecule has 7 heteroatoms. The summed E-state index contributed by atoms with van der Waals surface area (Å²) in [5, 5.41) is 10.1. The number of likely N-dealkylation sites (tertiary alicyclic amines) is 1. The standard InChI is InChI=1S/C19H24N2O4.ClH/c1-13(17-11-15-5-3-4-6-16(15)25-17)20(2)18(22)12-21-9-7-14(8-10-21)19(23)24;/h3-6,11,13-14H,7-10,12H2,1-2H3,(H,23,24);1H. The molecule has 3 rings (SSSR count). The van der Waals surface area contributed by atoms with Crippen LogP contribution in [0.15, 0.2) is 34.7 Å². The van der Waals surface area contributed by atoms with Gasteiger partial charge in [-0.2, -0.15) is 0 Å². The Bertz CT molecular complexity index is 735. The number of amides is 1. The third-order valence-corrected chi connectivity index (χ3v) is 5.13. The van der Waals surface area contributed by atoms with Gasteiger partial charge in [0.2, 0.25) is 5.91 Å². The molecule has 0 radical (unpaired) electrons. The smallest absolute Gasteiger partial charge is 0.306 e. The molecule has 0 spiro atoms. The average Bonchev–Trinajstić information content (AvgIpc) is 3.05. The number of halogens is 1. The van der Waals surface area contributed by atoms with Crippen molar-refractivity contribution in [1.82, 2.24) is 9.80 Å². The summed E-state index contributed by atoms with van der Waals surface area (Å²) in [5.74, 6) is -0.233. The molecule has 0 saturated carbocycles. The fourth-order valence-electron chi connectivity index (χ4n) is 3.26. The van der Waals surface area contributed by atoms with E-state index in [1.54, 1.807) is 11.9 Å². The van der Waals surface area contributed by atoms with Crippen LogP contribution in [0.25, 0.3) is 11.0 Å². The number of para-hydroxylation sites is 1. The van der Waals surface area contributed by atoms with E-state index in [-0.39, 0.29) is 30.3 Å². The minimum absolute atomic E-state index is 0. The highest BCUT2D eigenvalue weighted by atomic mass is 35.5. The largest absolute Gasteiger partial charge is 0.481 e. The number of carboxylic acids is 1. The lowest BCUT2D eigenvalue weighted by atomic mass is 9.97. The van der Waals surface area contributed by atoms with Crippen molar-refractivity contribution in [2.24, 2.45) is 5.92 Å². The maximum atomic E-state index is 12.6. The SMILES string of the molecule is CC(c1cc2ccccc2o1)N(C)C(=O)CN1CCC(C(=O)O)CC1.Cl. The number of likely N-dealkylation sites (N-methyl/N-ethyl adjacent to an activating group) is 1. The van der Waals surface area contributed by atoms with Gasteiger partial charge in [-0.3, -0.25) is 14.5 Å². The Morgan fingerprint density at radius 1 is 1.31 bits per heavy atom. The van der Waals surface area contributed by atoms with Crippen molar-refractivity contribution < 1.29 is 19.1 Å². The number of carbonyl (C=O) groups is 2. The summed E-state index contributed by atoms with van der Waals surface area (Å²) < 4.78 is 5.86. The van der Waals surface area contributed by atoms with Crippen molar-refractivity contribution >= 4 is 35.3 Å². The van der Waals surface area contributed by atoms with E-state index in [4.69, 9.17) is 9.52 Å². The van der Waals surface area contributed by atoms with Crippen LogP contribution in [0.2, 0.25) is 0 Å². The number of hydrogen-bond donors (Lipinski definition) is 1. The quantitative estimate of drug-likeness (QED) is 0.862. The molecule has 6 nitrogen and oxygen atoms in total. The van der Waals surface area contributed by atoms with Gasteiger partial charge in [0, 0.05) is 12.4 Å². The molecule has 1 unspecified atom stereocenters. The second-order valence-corrected chi connectivity index (χ2v) is 6.76. The van der Waals surface area contributed by atoms with Crippen LogP contribution in [-0.4, -0.2) is 53.5 Å². The van der Waals surface area contributed by atoms with E-state index < -0.39 is 5.97 Å². The summed E-state index contributed by atoms with van der Waals surface area (Å²) in [6, 6.07) is 9.61. The number of aliphatic carboxylic acids is 1. The minimum atomic E-state index is -0.735. The Hall–Kier alpha value is -2.05. The van der Waals surface area contributed by atoms with Crippen LogP contribution in [0.5, 0.6) is 0 Å². The summed E-state index contributed by atoms with van der Waals surface area (Å²) in [6.07, 6.45) is 1.21. The van der Waals surface area contributed by atoms with Gasteiger partial charge in [-0.25, -0.2) is 0 Å². The lowest BCUT2D eigenvalue weighted by molar-refractivity contribution is -0.143. The van der Waals surface area contributed by atoms with E-state index in [1.165, 1.54) is 0 Å². The van der Waals surface area contributed by atoms with Crippen molar-refractivity contribution in [2.45, 2.75) is 25.8 Å². The van der Waals surface area contributed by atoms with Gasteiger partial charge >= 0.3 is 5.97 Å². The molecule has 1 atom stereocenters. The zero-order chi connectivity index (χ0) is 18.0. The molecule has 2 aromatic rings. The Morgan fingerprint density at radius 2 is 1.96 bits per heavy atom. The number of piperidine rings is 1. The fraction of sp³-hybridized carbons (Fsp3) is 0.474. The van der Waals surface area contributed by atoms with Gasteiger partial charge in [0.1, 0.15) is 11.3 Å². The maximum Gasteiger partial charge on any atom is 0.306 e. The van der Waals surface area contributed by atoms with Crippen molar-refractivity contribution in [1.29, 1.82) is 0 Å². The van der Waals surface area contributed by atoms with Gasteiger partial charge in [-0.05, 0) is 45.0 Å². The van der Waals surface area contributed by atoms with Crippen molar-refractivity contribution in [3.8, 4) is 0 Å². The number of furan rings is 1. The first-order valence-electron chi connectivity index (χ1n) is 8.65. The first kappa shape index (κ1) is 20.3. The molecule has 1 aromatic carbocycles. The molecule has 1 saturated heterocycles. The molecule has 2 heterocycles. The van der Waals surface area contributed by atoms with Gasteiger partial charge in [0.25, 0.3) is 0 Å². The molecule has 142 valence electrons. The monoisotopic (exact) mass is 380 g/mol. The van der Waals surface area contributed by atoms with Crippen LogP contribution in [0, 0.1) is 5.92 Å². The normalized spacial score (nSPS) is 16.8. The Labute approximate surface area is 159 Å². The molecule has 1 aliphatic heterocycles. The minimum Gasteiger partial charge on any atom is -0.481 e. The number of carbonyl (C=O) groups excluding carboxylic acids is 1. The summed E-state index contributed by atoms with van der Waals surface area (Å²) in [4.78, 5) is 27.3. The second kappa shape index (κ2) is 8.56. The van der Waals surface area contributed by atoms with Crippen LogP contribution in [-0.2, 0) is 9.59 Å². The lowest BCUT2D eigenvalue weighted by Crippen LogP contribution is -2.43. The van der Waals surface area contributed by atoms with Crippen molar-refractivity contribution in [3.63, 3.8) is 0 Å². The van der Waals surface area contributed by atoms with E-state index in [0.29, 0.717) is 32.5 Å². The first-order chi connectivity index (χ1) is 12.0. The number of fused-ring (bicyclic) bond motifs is 1. The summed E-state index contributed by atoms with van der Waals surface area (Å²) in [6.45, 7) is 3.56. The predicted octanol–water partition coefficient (Wildman–Crippen LogP) is 3.17. The molecule has 1 fully saturated rings. The number of rotatable bonds is 5. The first-order valence-corrected chi connectivity index (χ1v) is 8.65. The van der Waals surface area contributed by atoms with Gasteiger partial charge in [0.05, 0.1) is 18.5 Å². The van der Waals surface area contributed by atoms with E-state index in [2.05, 4.69) is 0 Å². The molecule has 0 aliphatic carbocycles. The van der Waals surface area contributed by atoms with Gasteiger partial charge in [0.15, 0.2) is 0 Å². The zero-order valence-corrected chi connectivity index (χ0v) is 15.9. The highest BCUT2D eigenvalue weighted by molar-refractivity contribution is 5.85. The Morgan fingerprint density at radius 3 is 2.58 bits per heavy atom. The van der Waals surface area contributed by atoms with Crippen LogP contribution in [0.3, 0.4) is 0 Å². The lowest BCUT2D eigenvalue weighted by Gasteiger charge is -2.32. The van der Waals surface area contributed by atoms with E-state index >= 15 is 0 Å². The van der Waals surface area contributed by atoms with Crippen molar-refractivity contribution in [3.05, 3.63) is 36.1 Å². The van der Waals surface area contributed by atoms with Gasteiger partial charge in [-0.15, -0.1) is 12.4 Å². The molecule has 1 aliphatic rings. The van der Waals surface area contributed by atoms with Crippen LogP contribution in [0.1, 0.15) is 31.6 Å². The van der Waals surface area contributed by atoms with E-state index in [0.717, 1.165) is 16.7 Å². The van der Waals surface area contributed by atoms with Gasteiger partial charge < -0.3 is 14.4 Å². The molecule has 1 aromatic heterocycles. The third kappa shape index (κ3) is 4.37. The van der Waals surface area contributed by atoms with Crippen molar-refractivity contribution in [2.75, 3.05) is 26.7 Å². The van der Waals surface area contributed by atoms with E-state index in [1.807, 2.05) is 42.2 Å². The number of nitrogens with zero attached hydrogens (tertiary/aromatic N) is 2. The third-order valence-electron chi connectivity index (χ3n) is 5.13. The van der Waals surface area contributed by atoms with Crippen LogP contribution in [0.4, 0.5) is 0 Å². The van der Waals surface area contributed by atoms with E-state index in [9.17, 15) is 9.59 Å². The predicted molar refractivity (Wildman–Crippen MR) is 101 cm³/mol. The molecular weight excluding hydrogens is 356 g/mol. The zero-order valence-electron chi connectivity index (χ0n) is 15.1. The highest BCUT2D eigenvalue weighted by Crippen LogP contribution is 2.27. The average molecular weight is 381 g/mol. The number of benzene rings is 1.